The summed E-state index contributed by atoms with van der Waals surface area (Å²) in [5, 5.41) is 3.01. The number of benzene rings is 3. The zero-order chi connectivity index (χ0) is 24.5. The number of rotatable bonds is 6. The molecule has 5 nitrogen and oxygen atoms in total. The van der Waals surface area contributed by atoms with Crippen LogP contribution in [0.3, 0.4) is 0 Å². The van der Waals surface area contributed by atoms with Crippen molar-refractivity contribution in [2.24, 2.45) is 0 Å². The van der Waals surface area contributed by atoms with E-state index in [4.69, 9.17) is 0 Å². The van der Waals surface area contributed by atoms with E-state index in [-0.39, 0.29) is 16.8 Å². The van der Waals surface area contributed by atoms with Gasteiger partial charge in [0.25, 0.3) is 15.9 Å². The van der Waals surface area contributed by atoms with Crippen LogP contribution in [0.2, 0.25) is 0 Å². The second kappa shape index (κ2) is 9.40. The molecule has 0 aliphatic rings. The Morgan fingerprint density at radius 1 is 0.788 bits per heavy atom. The van der Waals surface area contributed by atoms with Gasteiger partial charge in [-0.3, -0.25) is 9.52 Å². The lowest BCUT2D eigenvalue weighted by atomic mass is 9.96. The van der Waals surface area contributed by atoms with Crippen LogP contribution in [0.1, 0.15) is 62.3 Å². The number of hydrogen-bond acceptors (Lipinski definition) is 3. The van der Waals surface area contributed by atoms with Crippen LogP contribution in [-0.2, 0) is 10.0 Å². The molecule has 3 aromatic carbocycles. The fourth-order valence-corrected chi connectivity index (χ4v) is 5.29. The van der Waals surface area contributed by atoms with Crippen molar-refractivity contribution >= 4 is 21.6 Å². The van der Waals surface area contributed by atoms with E-state index in [0.717, 1.165) is 27.8 Å². The van der Waals surface area contributed by atoms with Gasteiger partial charge in [-0.15, -0.1) is 0 Å². The van der Waals surface area contributed by atoms with Crippen molar-refractivity contribution in [1.82, 2.24) is 5.32 Å². The lowest BCUT2D eigenvalue weighted by Crippen LogP contribution is -2.27. The maximum atomic E-state index is 13.2. The Balaban J connectivity index is 1.88. The number of aryl methyl sites for hydroxylation is 5. The zero-order valence-corrected chi connectivity index (χ0v) is 21.1. The third-order valence-electron chi connectivity index (χ3n) is 6.29. The van der Waals surface area contributed by atoms with Gasteiger partial charge in [0.15, 0.2) is 0 Å². The second-order valence-corrected chi connectivity index (χ2v) is 10.5. The van der Waals surface area contributed by atoms with E-state index in [1.165, 1.54) is 11.6 Å². The standard InChI is InChI=1S/C27H32N2O3S/c1-16-9-8-10-25(21(16)6)29-33(31,32)26-15-23(12-11-17(26)2)27(30)28-22(7)24-14-19(4)18(3)13-20(24)5/h8-15,22,29H,1-7H3,(H,28,30). The summed E-state index contributed by atoms with van der Waals surface area (Å²) in [6.07, 6.45) is 0. The molecule has 1 atom stereocenters. The molecule has 0 spiro atoms. The predicted octanol–water partition coefficient (Wildman–Crippen LogP) is 5.83. The van der Waals surface area contributed by atoms with Crippen molar-refractivity contribution in [2.75, 3.05) is 4.72 Å². The summed E-state index contributed by atoms with van der Waals surface area (Å²) < 4.78 is 29.0. The van der Waals surface area contributed by atoms with Gasteiger partial charge in [-0.25, -0.2) is 8.42 Å². The molecule has 0 saturated carbocycles. The predicted molar refractivity (Wildman–Crippen MR) is 134 cm³/mol. The van der Waals surface area contributed by atoms with Gasteiger partial charge in [-0.05, 0) is 106 Å². The van der Waals surface area contributed by atoms with Crippen molar-refractivity contribution in [1.29, 1.82) is 0 Å². The molecule has 1 amide bonds. The first kappa shape index (κ1) is 24.5. The first-order valence-electron chi connectivity index (χ1n) is 11.0. The van der Waals surface area contributed by atoms with Gasteiger partial charge >= 0.3 is 0 Å². The smallest absolute Gasteiger partial charge is 0.262 e. The van der Waals surface area contributed by atoms with Gasteiger partial charge in [0.1, 0.15) is 0 Å². The first-order chi connectivity index (χ1) is 15.4. The summed E-state index contributed by atoms with van der Waals surface area (Å²) in [4.78, 5) is 13.1. The Hall–Kier alpha value is -3.12. The summed E-state index contributed by atoms with van der Waals surface area (Å²) >= 11 is 0. The van der Waals surface area contributed by atoms with E-state index in [1.807, 2.05) is 46.8 Å². The van der Waals surface area contributed by atoms with Gasteiger partial charge in [0.2, 0.25) is 0 Å². The van der Waals surface area contributed by atoms with Crippen LogP contribution >= 0.6 is 0 Å². The van der Waals surface area contributed by atoms with E-state index >= 15 is 0 Å². The molecule has 0 saturated heterocycles. The summed E-state index contributed by atoms with van der Waals surface area (Å²) in [5.41, 5.74) is 7.79. The third-order valence-corrected chi connectivity index (χ3v) is 7.79. The van der Waals surface area contributed by atoms with Crippen molar-refractivity contribution in [2.45, 2.75) is 59.4 Å². The first-order valence-corrected chi connectivity index (χ1v) is 12.5. The summed E-state index contributed by atoms with van der Waals surface area (Å²) in [7, 11) is -3.87. The van der Waals surface area contributed by atoms with E-state index in [9.17, 15) is 13.2 Å². The number of sulfonamides is 1. The van der Waals surface area contributed by atoms with Gasteiger partial charge in [0.05, 0.1) is 16.6 Å². The molecule has 33 heavy (non-hydrogen) atoms. The molecule has 2 N–H and O–H groups in total. The Morgan fingerprint density at radius 2 is 1.45 bits per heavy atom. The Labute approximate surface area is 197 Å². The molecule has 1 unspecified atom stereocenters. The SMILES string of the molecule is Cc1cc(C)c(C(C)NC(=O)c2ccc(C)c(S(=O)(=O)Nc3cccc(C)c3C)c2)cc1C. The van der Waals surface area contributed by atoms with Crippen molar-refractivity contribution in [3.8, 4) is 0 Å². The Morgan fingerprint density at radius 3 is 2.15 bits per heavy atom. The summed E-state index contributed by atoms with van der Waals surface area (Å²) in [6, 6.07) is 14.2. The number of carbonyl (C=O) groups excluding carboxylic acids is 1. The zero-order valence-electron chi connectivity index (χ0n) is 20.3. The van der Waals surface area contributed by atoms with E-state index in [1.54, 1.807) is 25.1 Å². The van der Waals surface area contributed by atoms with Crippen LogP contribution < -0.4 is 10.0 Å². The van der Waals surface area contributed by atoms with Crippen LogP contribution in [0.5, 0.6) is 0 Å². The minimum absolute atomic E-state index is 0.0890. The van der Waals surface area contributed by atoms with Crippen LogP contribution in [0.25, 0.3) is 0 Å². The molecule has 0 radical (unpaired) electrons. The molecule has 0 bridgehead atoms. The van der Waals surface area contributed by atoms with E-state index < -0.39 is 10.0 Å². The highest BCUT2D eigenvalue weighted by Crippen LogP contribution is 2.25. The molecule has 174 valence electrons. The summed E-state index contributed by atoms with van der Waals surface area (Å²) in [5.74, 6) is -0.316. The lowest BCUT2D eigenvalue weighted by molar-refractivity contribution is 0.0939. The minimum atomic E-state index is -3.87. The molecule has 0 heterocycles. The van der Waals surface area contributed by atoms with Gasteiger partial charge in [-0.1, -0.05) is 30.3 Å². The van der Waals surface area contributed by atoms with Crippen LogP contribution in [-0.4, -0.2) is 14.3 Å². The molecular formula is C27H32N2O3S. The fraction of sp³-hybridized carbons (Fsp3) is 0.296. The lowest BCUT2D eigenvalue weighted by Gasteiger charge is -2.19. The minimum Gasteiger partial charge on any atom is -0.346 e. The highest BCUT2D eigenvalue weighted by atomic mass is 32.2. The fourth-order valence-electron chi connectivity index (χ4n) is 3.90. The molecule has 0 fully saturated rings. The maximum absolute atomic E-state index is 13.2. The molecule has 0 aliphatic heterocycles. The quantitative estimate of drug-likeness (QED) is 0.482. The van der Waals surface area contributed by atoms with Gasteiger partial charge in [-0.2, -0.15) is 0 Å². The number of amides is 1. The largest absolute Gasteiger partial charge is 0.346 e. The molecule has 3 aromatic rings. The molecule has 0 aliphatic carbocycles. The molecule has 3 rings (SSSR count). The normalized spacial score (nSPS) is 12.3. The van der Waals surface area contributed by atoms with Gasteiger partial charge < -0.3 is 5.32 Å². The third kappa shape index (κ3) is 5.28. The Bertz CT molecular complexity index is 1330. The van der Waals surface area contributed by atoms with Crippen LogP contribution in [0.4, 0.5) is 5.69 Å². The molecule has 0 aromatic heterocycles. The van der Waals surface area contributed by atoms with E-state index in [0.29, 0.717) is 16.8 Å². The van der Waals surface area contributed by atoms with Crippen LogP contribution in [0, 0.1) is 41.5 Å². The molecule has 6 heteroatoms. The number of anilines is 1. The summed E-state index contributed by atoms with van der Waals surface area (Å²) in [6.45, 7) is 13.6. The topological polar surface area (TPSA) is 75.3 Å². The maximum Gasteiger partial charge on any atom is 0.262 e. The van der Waals surface area contributed by atoms with E-state index in [2.05, 4.69) is 29.1 Å². The van der Waals surface area contributed by atoms with Crippen molar-refractivity contribution in [3.63, 3.8) is 0 Å². The highest BCUT2D eigenvalue weighted by molar-refractivity contribution is 7.92. The number of carbonyl (C=O) groups is 1. The van der Waals surface area contributed by atoms with Crippen molar-refractivity contribution in [3.05, 3.63) is 93.0 Å². The average Bonchev–Trinajstić information content (AvgIpc) is 2.74. The number of nitrogens with one attached hydrogen (secondary N) is 2. The Kier molecular flexibility index (Phi) is 6.98. The second-order valence-electron chi connectivity index (χ2n) is 8.82. The van der Waals surface area contributed by atoms with Crippen LogP contribution in [0.15, 0.2) is 53.4 Å². The number of hydrogen-bond donors (Lipinski definition) is 2. The van der Waals surface area contributed by atoms with Crippen molar-refractivity contribution < 1.29 is 13.2 Å². The monoisotopic (exact) mass is 464 g/mol. The molecular weight excluding hydrogens is 432 g/mol. The average molecular weight is 465 g/mol. The van der Waals surface area contributed by atoms with Gasteiger partial charge in [0, 0.05) is 5.56 Å². The highest BCUT2D eigenvalue weighted by Gasteiger charge is 2.21.